The number of hydrogen-bond acceptors (Lipinski definition) is 4. The molecule has 3 heterocycles. The van der Waals surface area contributed by atoms with Gasteiger partial charge < -0.3 is 14.2 Å². The largest absolute Gasteiger partial charge is 0.378 e. The van der Waals surface area contributed by atoms with Crippen molar-refractivity contribution in [2.24, 2.45) is 0 Å². The number of H-pyrrole nitrogens is 1. The van der Waals surface area contributed by atoms with Gasteiger partial charge in [-0.25, -0.2) is 4.98 Å². The first-order valence-corrected chi connectivity index (χ1v) is 6.56. The number of imidazole rings is 1. The Morgan fingerprint density at radius 2 is 2.40 bits per heavy atom. The number of nitrogens with zero attached hydrogens (tertiary/aromatic N) is 4. The van der Waals surface area contributed by atoms with Crippen molar-refractivity contribution in [3.63, 3.8) is 0 Å². The number of amides is 1. The number of aromatic amines is 1. The summed E-state index contributed by atoms with van der Waals surface area (Å²) in [5.41, 5.74) is 1.55. The standard InChI is InChI=1S/C13H17N5O2/c1-9-12-14-7-10(8-20-2)18(12)6-5-17(9)13(19)11-3-4-15-16-11/h3-4,7,9H,5-6,8H2,1-2H3,(H,15,16). The first-order chi connectivity index (χ1) is 9.72. The first kappa shape index (κ1) is 12.9. The molecule has 7 heteroatoms. The summed E-state index contributed by atoms with van der Waals surface area (Å²) in [5.74, 6) is 0.855. The zero-order valence-electron chi connectivity index (χ0n) is 11.5. The van der Waals surface area contributed by atoms with Crippen LogP contribution in [0.4, 0.5) is 0 Å². The quantitative estimate of drug-likeness (QED) is 0.905. The van der Waals surface area contributed by atoms with Crippen molar-refractivity contribution in [1.82, 2.24) is 24.6 Å². The van der Waals surface area contributed by atoms with Crippen molar-refractivity contribution >= 4 is 5.91 Å². The Labute approximate surface area is 116 Å². The third-order valence-electron chi connectivity index (χ3n) is 3.66. The number of carbonyl (C=O) groups is 1. The van der Waals surface area contributed by atoms with Gasteiger partial charge in [0, 0.05) is 26.4 Å². The normalized spacial score (nSPS) is 18.1. The highest BCUT2D eigenvalue weighted by Crippen LogP contribution is 2.26. The molecule has 0 aliphatic carbocycles. The molecular weight excluding hydrogens is 258 g/mol. The molecule has 0 saturated carbocycles. The summed E-state index contributed by atoms with van der Waals surface area (Å²) < 4.78 is 7.30. The topological polar surface area (TPSA) is 76.0 Å². The molecule has 1 N–H and O–H groups in total. The molecule has 0 aromatic carbocycles. The zero-order valence-corrected chi connectivity index (χ0v) is 11.5. The molecule has 20 heavy (non-hydrogen) atoms. The molecule has 1 aliphatic heterocycles. The maximum Gasteiger partial charge on any atom is 0.272 e. The second-order valence-corrected chi connectivity index (χ2v) is 4.84. The van der Waals surface area contributed by atoms with Crippen molar-refractivity contribution in [2.75, 3.05) is 13.7 Å². The van der Waals surface area contributed by atoms with Crippen LogP contribution >= 0.6 is 0 Å². The average molecular weight is 275 g/mol. The van der Waals surface area contributed by atoms with Gasteiger partial charge in [0.2, 0.25) is 0 Å². The Kier molecular flexibility index (Phi) is 3.27. The van der Waals surface area contributed by atoms with Crippen molar-refractivity contribution in [3.8, 4) is 0 Å². The minimum absolute atomic E-state index is 0.0439. The Bertz CT molecular complexity index is 604. The van der Waals surface area contributed by atoms with E-state index >= 15 is 0 Å². The van der Waals surface area contributed by atoms with Crippen LogP contribution in [0.3, 0.4) is 0 Å². The van der Waals surface area contributed by atoms with E-state index in [0.29, 0.717) is 18.8 Å². The lowest BCUT2D eigenvalue weighted by atomic mass is 10.2. The van der Waals surface area contributed by atoms with Crippen molar-refractivity contribution in [1.29, 1.82) is 0 Å². The van der Waals surface area contributed by atoms with E-state index in [4.69, 9.17) is 4.74 Å². The smallest absolute Gasteiger partial charge is 0.272 e. The molecule has 2 aromatic heterocycles. The van der Waals surface area contributed by atoms with E-state index in [1.54, 1.807) is 19.4 Å². The first-order valence-electron chi connectivity index (χ1n) is 6.56. The number of aromatic nitrogens is 4. The fourth-order valence-corrected chi connectivity index (χ4v) is 2.63. The monoisotopic (exact) mass is 275 g/mol. The second-order valence-electron chi connectivity index (χ2n) is 4.84. The Morgan fingerprint density at radius 1 is 1.55 bits per heavy atom. The summed E-state index contributed by atoms with van der Waals surface area (Å²) in [7, 11) is 1.67. The van der Waals surface area contributed by atoms with Gasteiger partial charge in [0.25, 0.3) is 5.91 Å². The van der Waals surface area contributed by atoms with Gasteiger partial charge in [-0.3, -0.25) is 9.89 Å². The Balaban J connectivity index is 1.86. The van der Waals surface area contributed by atoms with Gasteiger partial charge in [-0.1, -0.05) is 0 Å². The van der Waals surface area contributed by atoms with E-state index in [-0.39, 0.29) is 11.9 Å². The van der Waals surface area contributed by atoms with Gasteiger partial charge >= 0.3 is 0 Å². The van der Waals surface area contributed by atoms with Crippen molar-refractivity contribution < 1.29 is 9.53 Å². The van der Waals surface area contributed by atoms with E-state index in [1.165, 1.54) is 0 Å². The Morgan fingerprint density at radius 3 is 3.10 bits per heavy atom. The van der Waals surface area contributed by atoms with Crippen LogP contribution in [-0.4, -0.2) is 44.2 Å². The van der Waals surface area contributed by atoms with Crippen LogP contribution in [0.1, 0.15) is 35.0 Å². The zero-order chi connectivity index (χ0) is 14.1. The summed E-state index contributed by atoms with van der Waals surface area (Å²) in [6.07, 6.45) is 3.40. The maximum atomic E-state index is 12.4. The fraction of sp³-hybridized carbons (Fsp3) is 0.462. The predicted octanol–water partition coefficient (Wildman–Crippen LogP) is 0.970. The van der Waals surface area contributed by atoms with Gasteiger partial charge in [-0.2, -0.15) is 5.10 Å². The number of nitrogens with one attached hydrogen (secondary N) is 1. The summed E-state index contributed by atoms with van der Waals surface area (Å²) >= 11 is 0. The molecule has 1 atom stereocenters. The summed E-state index contributed by atoms with van der Waals surface area (Å²) in [4.78, 5) is 18.7. The molecule has 2 aromatic rings. The third kappa shape index (κ3) is 2.00. The van der Waals surface area contributed by atoms with Crippen LogP contribution in [0.25, 0.3) is 0 Å². The molecule has 0 saturated heterocycles. The number of fused-ring (bicyclic) bond motifs is 1. The van der Waals surface area contributed by atoms with E-state index in [2.05, 4.69) is 19.7 Å². The average Bonchev–Trinajstić information content (AvgIpc) is 3.09. The van der Waals surface area contributed by atoms with Gasteiger partial charge in [0.15, 0.2) is 0 Å². The van der Waals surface area contributed by atoms with E-state index in [1.807, 2.05) is 18.0 Å². The predicted molar refractivity (Wildman–Crippen MR) is 71.0 cm³/mol. The minimum Gasteiger partial charge on any atom is -0.378 e. The highest BCUT2D eigenvalue weighted by atomic mass is 16.5. The fourth-order valence-electron chi connectivity index (χ4n) is 2.63. The number of ether oxygens (including phenoxy) is 1. The van der Waals surface area contributed by atoms with Crippen LogP contribution in [0, 0.1) is 0 Å². The molecule has 1 amide bonds. The molecule has 1 unspecified atom stereocenters. The molecule has 7 nitrogen and oxygen atoms in total. The van der Waals surface area contributed by atoms with Gasteiger partial charge in [0.05, 0.1) is 24.5 Å². The lowest BCUT2D eigenvalue weighted by Crippen LogP contribution is -2.41. The van der Waals surface area contributed by atoms with E-state index < -0.39 is 0 Å². The van der Waals surface area contributed by atoms with E-state index in [9.17, 15) is 4.79 Å². The number of hydrogen-bond donors (Lipinski definition) is 1. The molecule has 1 aliphatic rings. The molecule has 3 rings (SSSR count). The highest BCUT2D eigenvalue weighted by molar-refractivity contribution is 5.92. The van der Waals surface area contributed by atoms with Crippen LogP contribution in [0.2, 0.25) is 0 Å². The van der Waals surface area contributed by atoms with Crippen LogP contribution in [-0.2, 0) is 17.9 Å². The Hall–Kier alpha value is -2.15. The molecule has 106 valence electrons. The van der Waals surface area contributed by atoms with E-state index in [0.717, 1.165) is 18.1 Å². The number of rotatable bonds is 3. The second kappa shape index (κ2) is 5.09. The van der Waals surface area contributed by atoms with Gasteiger partial charge in [-0.15, -0.1) is 0 Å². The van der Waals surface area contributed by atoms with Gasteiger partial charge in [-0.05, 0) is 13.0 Å². The minimum atomic E-state index is -0.0647. The molecule has 0 fully saturated rings. The number of carbonyl (C=O) groups excluding carboxylic acids is 1. The van der Waals surface area contributed by atoms with Crippen LogP contribution in [0.5, 0.6) is 0 Å². The summed E-state index contributed by atoms with van der Waals surface area (Å²) in [6.45, 7) is 3.91. The molecular formula is C13H17N5O2. The molecule has 0 bridgehead atoms. The molecule has 0 spiro atoms. The third-order valence-corrected chi connectivity index (χ3v) is 3.66. The van der Waals surface area contributed by atoms with Crippen molar-refractivity contribution in [3.05, 3.63) is 35.7 Å². The van der Waals surface area contributed by atoms with Crippen LogP contribution in [0.15, 0.2) is 18.5 Å². The highest BCUT2D eigenvalue weighted by Gasteiger charge is 2.31. The van der Waals surface area contributed by atoms with Crippen LogP contribution < -0.4 is 0 Å². The molecule has 0 radical (unpaired) electrons. The number of methoxy groups -OCH3 is 1. The maximum absolute atomic E-state index is 12.4. The van der Waals surface area contributed by atoms with Crippen molar-refractivity contribution in [2.45, 2.75) is 26.1 Å². The SMILES string of the molecule is COCc1cnc2n1CCN(C(=O)c1ccn[nH]1)C2C. The summed E-state index contributed by atoms with van der Waals surface area (Å²) in [6, 6.07) is 1.62. The lowest BCUT2D eigenvalue weighted by molar-refractivity contribution is 0.0626. The summed E-state index contributed by atoms with van der Waals surface area (Å²) in [5, 5.41) is 6.54. The van der Waals surface area contributed by atoms with Gasteiger partial charge in [0.1, 0.15) is 11.5 Å². The lowest BCUT2D eigenvalue weighted by Gasteiger charge is -2.34.